The van der Waals surface area contributed by atoms with Crippen molar-refractivity contribution in [1.82, 2.24) is 20.4 Å². The van der Waals surface area contributed by atoms with Crippen LogP contribution in [-0.4, -0.2) is 35.9 Å². The normalized spacial score (nSPS) is 15.6. The number of aromatic nitrogens is 2. The van der Waals surface area contributed by atoms with Crippen LogP contribution < -0.4 is 15.4 Å². The SMILES string of the molecule is COc1ccc(-c2ccc(CNC(=O)C3(n4cccn4)CCNCC3)cc2)cc1. The summed E-state index contributed by atoms with van der Waals surface area (Å²) in [6, 6.07) is 18.1. The monoisotopic (exact) mass is 390 g/mol. The Kier molecular flexibility index (Phi) is 5.62. The van der Waals surface area contributed by atoms with Crippen molar-refractivity contribution in [1.29, 1.82) is 0 Å². The second-order valence-electron chi connectivity index (χ2n) is 7.34. The third kappa shape index (κ3) is 4.03. The number of benzene rings is 2. The Morgan fingerprint density at radius 1 is 1.10 bits per heavy atom. The zero-order chi connectivity index (χ0) is 20.1. The molecule has 1 aliphatic rings. The highest BCUT2D eigenvalue weighted by atomic mass is 16.5. The van der Waals surface area contributed by atoms with E-state index in [4.69, 9.17) is 4.74 Å². The van der Waals surface area contributed by atoms with Gasteiger partial charge in [-0.1, -0.05) is 36.4 Å². The highest BCUT2D eigenvalue weighted by Gasteiger charge is 2.41. The smallest absolute Gasteiger partial charge is 0.248 e. The summed E-state index contributed by atoms with van der Waals surface area (Å²) in [5.41, 5.74) is 2.72. The van der Waals surface area contributed by atoms with Crippen molar-refractivity contribution in [2.45, 2.75) is 24.9 Å². The molecular formula is C23H26N4O2. The standard InChI is InChI=1S/C23H26N4O2/c1-29-21-9-7-20(8-10-21)19-5-3-18(4-6-19)17-25-22(28)23(11-14-24-15-12-23)27-16-2-13-26-27/h2-10,13,16,24H,11-12,14-15,17H2,1H3,(H,25,28). The van der Waals surface area contributed by atoms with Crippen LogP contribution in [-0.2, 0) is 16.9 Å². The number of hydrogen-bond acceptors (Lipinski definition) is 4. The molecule has 6 nitrogen and oxygen atoms in total. The molecule has 1 aromatic heterocycles. The van der Waals surface area contributed by atoms with Gasteiger partial charge in [-0.3, -0.25) is 9.48 Å². The number of carbonyl (C=O) groups is 1. The minimum absolute atomic E-state index is 0.0296. The molecule has 0 bridgehead atoms. The summed E-state index contributed by atoms with van der Waals surface area (Å²) >= 11 is 0. The summed E-state index contributed by atoms with van der Waals surface area (Å²) in [4.78, 5) is 13.1. The van der Waals surface area contributed by atoms with E-state index >= 15 is 0 Å². The molecule has 4 rings (SSSR count). The topological polar surface area (TPSA) is 68.2 Å². The first-order chi connectivity index (χ1) is 14.2. The summed E-state index contributed by atoms with van der Waals surface area (Å²) in [6.07, 6.45) is 5.08. The van der Waals surface area contributed by atoms with Crippen LogP contribution in [0.3, 0.4) is 0 Å². The predicted octanol–water partition coefficient (Wildman–Crippen LogP) is 2.95. The van der Waals surface area contributed by atoms with Gasteiger partial charge < -0.3 is 15.4 Å². The molecule has 0 radical (unpaired) electrons. The van der Waals surface area contributed by atoms with Gasteiger partial charge >= 0.3 is 0 Å². The van der Waals surface area contributed by atoms with Crippen LogP contribution >= 0.6 is 0 Å². The van der Waals surface area contributed by atoms with Crippen molar-refractivity contribution in [3.05, 3.63) is 72.6 Å². The number of amides is 1. The zero-order valence-electron chi connectivity index (χ0n) is 16.6. The minimum Gasteiger partial charge on any atom is -0.497 e. The van der Waals surface area contributed by atoms with E-state index < -0.39 is 5.54 Å². The Morgan fingerprint density at radius 2 is 1.76 bits per heavy atom. The summed E-state index contributed by atoms with van der Waals surface area (Å²) < 4.78 is 7.03. The molecule has 1 aliphatic heterocycles. The average Bonchev–Trinajstić information content (AvgIpc) is 3.34. The van der Waals surface area contributed by atoms with Crippen molar-refractivity contribution in [3.63, 3.8) is 0 Å². The van der Waals surface area contributed by atoms with E-state index in [1.54, 1.807) is 13.3 Å². The number of hydrogen-bond donors (Lipinski definition) is 2. The molecule has 0 saturated carbocycles. The van der Waals surface area contributed by atoms with Crippen LogP contribution in [0.2, 0.25) is 0 Å². The van der Waals surface area contributed by atoms with Gasteiger partial charge in [0.15, 0.2) is 0 Å². The fraction of sp³-hybridized carbons (Fsp3) is 0.304. The van der Waals surface area contributed by atoms with Gasteiger partial charge in [0.2, 0.25) is 5.91 Å². The van der Waals surface area contributed by atoms with Gasteiger partial charge in [-0.25, -0.2) is 0 Å². The number of nitrogens with one attached hydrogen (secondary N) is 2. The summed E-state index contributed by atoms with van der Waals surface area (Å²) in [5, 5.41) is 10.8. The van der Waals surface area contributed by atoms with Crippen LogP contribution in [0.4, 0.5) is 0 Å². The maximum absolute atomic E-state index is 13.1. The first-order valence-corrected chi connectivity index (χ1v) is 9.94. The molecule has 29 heavy (non-hydrogen) atoms. The summed E-state index contributed by atoms with van der Waals surface area (Å²) in [7, 11) is 1.67. The second kappa shape index (κ2) is 8.49. The maximum atomic E-state index is 13.1. The van der Waals surface area contributed by atoms with Gasteiger partial charge in [0, 0.05) is 18.9 Å². The average molecular weight is 390 g/mol. The molecule has 0 atom stereocenters. The van der Waals surface area contributed by atoms with Crippen LogP contribution in [0.15, 0.2) is 67.0 Å². The number of methoxy groups -OCH3 is 1. The van der Waals surface area contributed by atoms with E-state index in [2.05, 4.69) is 40.0 Å². The molecule has 2 heterocycles. The first-order valence-electron chi connectivity index (χ1n) is 9.94. The van der Waals surface area contributed by atoms with Gasteiger partial charge in [-0.05, 0) is 60.8 Å². The molecule has 2 N–H and O–H groups in total. The predicted molar refractivity (Wildman–Crippen MR) is 113 cm³/mol. The number of carbonyl (C=O) groups excluding carboxylic acids is 1. The molecule has 1 fully saturated rings. The van der Waals surface area contributed by atoms with Crippen LogP contribution in [0.25, 0.3) is 11.1 Å². The Balaban J connectivity index is 1.43. The van der Waals surface area contributed by atoms with E-state index in [1.807, 2.05) is 41.2 Å². The van der Waals surface area contributed by atoms with Crippen LogP contribution in [0, 0.1) is 0 Å². The van der Waals surface area contributed by atoms with Gasteiger partial charge in [0.1, 0.15) is 11.3 Å². The van der Waals surface area contributed by atoms with E-state index in [0.717, 1.165) is 48.4 Å². The molecule has 2 aromatic carbocycles. The van der Waals surface area contributed by atoms with Crippen LogP contribution in [0.5, 0.6) is 5.75 Å². The highest BCUT2D eigenvalue weighted by molar-refractivity contribution is 5.84. The molecule has 150 valence electrons. The fourth-order valence-corrected chi connectivity index (χ4v) is 3.87. The molecule has 6 heteroatoms. The summed E-state index contributed by atoms with van der Waals surface area (Å²) in [5.74, 6) is 0.874. The molecule has 0 spiro atoms. The van der Waals surface area contributed by atoms with Crippen LogP contribution in [0.1, 0.15) is 18.4 Å². The molecule has 1 amide bonds. The quantitative estimate of drug-likeness (QED) is 0.679. The number of rotatable bonds is 6. The van der Waals surface area contributed by atoms with Gasteiger partial charge in [0.05, 0.1) is 7.11 Å². The molecular weight excluding hydrogens is 364 g/mol. The lowest BCUT2D eigenvalue weighted by Crippen LogP contribution is -2.54. The first kappa shape index (κ1) is 19.2. The van der Waals surface area contributed by atoms with Gasteiger partial charge in [-0.15, -0.1) is 0 Å². The second-order valence-corrected chi connectivity index (χ2v) is 7.34. The third-order valence-corrected chi connectivity index (χ3v) is 5.63. The maximum Gasteiger partial charge on any atom is 0.248 e. The number of ether oxygens (including phenoxy) is 1. The van der Waals surface area contributed by atoms with Gasteiger partial charge in [0.25, 0.3) is 0 Å². The molecule has 0 unspecified atom stereocenters. The lowest BCUT2D eigenvalue weighted by atomic mass is 9.87. The molecule has 3 aromatic rings. The number of nitrogens with zero attached hydrogens (tertiary/aromatic N) is 2. The van der Waals surface area contributed by atoms with E-state index in [0.29, 0.717) is 6.54 Å². The van der Waals surface area contributed by atoms with E-state index in [9.17, 15) is 4.79 Å². The van der Waals surface area contributed by atoms with Crippen molar-refractivity contribution in [2.75, 3.05) is 20.2 Å². The molecule has 0 aliphatic carbocycles. The third-order valence-electron chi connectivity index (χ3n) is 5.63. The van der Waals surface area contributed by atoms with E-state index in [1.165, 1.54) is 0 Å². The Bertz CT molecular complexity index is 928. The van der Waals surface area contributed by atoms with Gasteiger partial charge in [-0.2, -0.15) is 5.10 Å². The van der Waals surface area contributed by atoms with E-state index in [-0.39, 0.29) is 5.91 Å². The van der Waals surface area contributed by atoms with Crippen molar-refractivity contribution < 1.29 is 9.53 Å². The fourth-order valence-electron chi connectivity index (χ4n) is 3.87. The Labute approximate surface area is 170 Å². The summed E-state index contributed by atoms with van der Waals surface area (Å²) in [6.45, 7) is 2.12. The largest absolute Gasteiger partial charge is 0.497 e. The van der Waals surface area contributed by atoms with Crippen molar-refractivity contribution >= 4 is 5.91 Å². The zero-order valence-corrected chi connectivity index (χ0v) is 16.6. The lowest BCUT2D eigenvalue weighted by Gasteiger charge is -2.36. The lowest BCUT2D eigenvalue weighted by molar-refractivity contribution is -0.132. The Hall–Kier alpha value is -3.12. The number of piperidine rings is 1. The minimum atomic E-state index is -0.613. The Morgan fingerprint density at radius 3 is 2.34 bits per heavy atom. The highest BCUT2D eigenvalue weighted by Crippen LogP contribution is 2.27. The van der Waals surface area contributed by atoms with Crippen molar-refractivity contribution in [3.8, 4) is 16.9 Å². The van der Waals surface area contributed by atoms with Crippen molar-refractivity contribution in [2.24, 2.45) is 0 Å². The molecule has 1 saturated heterocycles.